The van der Waals surface area contributed by atoms with Gasteiger partial charge in [0.15, 0.2) is 46.6 Å². The van der Waals surface area contributed by atoms with Crippen molar-refractivity contribution in [2.45, 2.75) is 39.2 Å². The van der Waals surface area contributed by atoms with Crippen LogP contribution in [0.25, 0.3) is 179 Å². The van der Waals surface area contributed by atoms with Crippen molar-refractivity contribution < 1.29 is 146 Å². The van der Waals surface area contributed by atoms with Gasteiger partial charge < -0.3 is 58.7 Å². The number of aromatic amines is 4. The number of sulfonamides is 2. The van der Waals surface area contributed by atoms with Crippen LogP contribution in [0.1, 0.15) is 0 Å². The van der Waals surface area contributed by atoms with Crippen LogP contribution < -0.4 is 20.9 Å². The molecule has 121 heavy (non-hydrogen) atoms. The summed E-state index contributed by atoms with van der Waals surface area (Å²) in [5, 5.41) is -2.24. The molecule has 14 aromatic rings. The fourth-order valence-electron chi connectivity index (χ4n) is 14.0. The smallest absolute Gasteiger partial charge is 0.744 e. The summed E-state index contributed by atoms with van der Waals surface area (Å²) in [4.78, 5) is 49.4. The molecule has 627 valence electrons. The number of nitrogens with zero attached hydrogens (tertiary/aromatic N) is 12. The van der Waals surface area contributed by atoms with E-state index < -0.39 is 190 Å². The van der Waals surface area contributed by atoms with Crippen molar-refractivity contribution in [3.63, 3.8) is 0 Å². The van der Waals surface area contributed by atoms with Gasteiger partial charge in [-0.05, 0) is 0 Å². The van der Waals surface area contributed by atoms with Gasteiger partial charge in [-0.2, -0.15) is 0 Å². The number of hydrogen-bond donors (Lipinski definition) is 8. The minimum atomic E-state index is -6.53. The van der Waals surface area contributed by atoms with E-state index in [0.717, 1.165) is 0 Å². The van der Waals surface area contributed by atoms with E-state index in [1.165, 1.54) is 12.1 Å². The summed E-state index contributed by atoms with van der Waals surface area (Å²) >= 11 is 0. The van der Waals surface area contributed by atoms with Crippen molar-refractivity contribution in [2.24, 2.45) is 11.5 Å². The third-order valence-electron chi connectivity index (χ3n) is 18.5. The fraction of sp³-hybridized carbons (Fsp3) is 0.0588. The van der Waals surface area contributed by atoms with E-state index in [2.05, 4.69) is 59.8 Å². The van der Waals surface area contributed by atoms with E-state index in [-0.39, 0.29) is 120 Å². The molecule has 53 heteroatoms. The van der Waals surface area contributed by atoms with Crippen molar-refractivity contribution in [3.8, 4) is 91.1 Å². The Morgan fingerprint density at radius 2 is 0.405 bits per heavy atom. The molecular formula is C68H42Cu3N20O22S8. The SMILES string of the molecule is NCCNS(=O)(=O)c1c(S(=O)(=O)[O-])c(S(=O)(=O)[O-])c(S(=O)(=O)[O-])c2c3nc4nc(nc5[nH]c(nc6nc(nc([nH]3)c12)-c1ccccc1-6)c1ccccc51)-c1ccccc1-4.NCCNS(=O)(=O)c1c(S(=O)(=O)[O-])c(S(=O)(=O)[O-])c(S(=O)(=O)[O-])c2c3nc4nc(nc5[nH]c(nc6nc(nc([nH]3)c12)-c1ccccc1-6)c1ccccc51)-c1ccccc1-4.[Cu+2].[Cu+2].[Cu+2]. The second kappa shape index (κ2) is 31.0. The summed E-state index contributed by atoms with van der Waals surface area (Å²) < 4.78 is 295. The molecule has 3 radical (unpaired) electrons. The van der Waals surface area contributed by atoms with Crippen LogP contribution in [0.2, 0.25) is 0 Å². The molecule has 0 aliphatic carbocycles. The molecule has 8 aromatic carbocycles. The van der Waals surface area contributed by atoms with Gasteiger partial charge in [0.05, 0.1) is 40.1 Å². The number of nitrogens with two attached hydrogens (primary N) is 2. The molecule has 0 unspecified atom stereocenters. The Labute approximate surface area is 711 Å². The molecule has 0 amide bonds. The number of H-pyrrole nitrogens is 4. The number of benzene rings is 8. The summed E-state index contributed by atoms with van der Waals surface area (Å²) in [6.45, 7) is -2.16. The van der Waals surface area contributed by atoms with Gasteiger partial charge in [0, 0.05) is 103 Å². The zero-order valence-corrected chi connectivity index (χ0v) is 68.7. The largest absolute Gasteiger partial charge is 2.00 e. The standard InChI is InChI=1S/2C34H24N10O11S4.3Cu/c2*35-13-14-36-56(45,46)23-21-22(24(57(47,48)49)26(59(53,54)55)25(23)58(50,51)52)34-43-32-20-12-6-4-10-18(20)30(41-32)39-28-16-8-2-1-7-15(16)27(37-28)38-29-17-9-3-5-11-19(17)31(40-29)42-33(21)44-34;;;/h2*1-12,36H,13-14,35H2,(H,47,48,49)(H,50,51,52)(H,53,54,55)(H2,37,38,39,40,41,42,43,44);;;/q;;3*+2/p-6. The monoisotopic (exact) mass is 1930 g/mol. The quantitative estimate of drug-likeness (QED) is 0.0569. The van der Waals surface area contributed by atoms with Gasteiger partial charge in [-0.3, -0.25) is 0 Å². The van der Waals surface area contributed by atoms with Crippen molar-refractivity contribution in [1.82, 2.24) is 89.2 Å². The van der Waals surface area contributed by atoms with Gasteiger partial charge in [0.25, 0.3) is 0 Å². The molecule has 42 nitrogen and oxygen atoms in total. The van der Waals surface area contributed by atoms with Crippen LogP contribution >= 0.6 is 0 Å². The predicted octanol–water partition coefficient (Wildman–Crippen LogP) is 3.63. The van der Waals surface area contributed by atoms with Crippen LogP contribution in [0.4, 0.5) is 0 Å². The topological polar surface area (TPSA) is 705 Å². The van der Waals surface area contributed by atoms with E-state index >= 15 is 0 Å². The summed E-state index contributed by atoms with van der Waals surface area (Å²) in [7, 11) is -49.8. The molecular weight excluding hydrogens is 1900 g/mol. The van der Waals surface area contributed by atoms with E-state index in [9.17, 15) is 94.7 Å². The van der Waals surface area contributed by atoms with Crippen LogP contribution in [0.15, 0.2) is 185 Å². The summed E-state index contributed by atoms with van der Waals surface area (Å²) in [5.41, 5.74) is 11.4. The van der Waals surface area contributed by atoms with Crippen LogP contribution in [0, 0.1) is 0 Å². The average molecular weight is 1940 g/mol. The summed E-state index contributed by atoms with van der Waals surface area (Å²) in [6, 6.07) is 39.9. The van der Waals surface area contributed by atoms with Crippen LogP contribution in [-0.2, 0) is 132 Å². The van der Waals surface area contributed by atoms with Crippen molar-refractivity contribution >= 4 is 169 Å². The van der Waals surface area contributed by atoms with Gasteiger partial charge in [0.1, 0.15) is 116 Å². The molecule has 4 aliphatic rings. The van der Waals surface area contributed by atoms with Crippen LogP contribution in [0.3, 0.4) is 0 Å². The summed E-state index contributed by atoms with van der Waals surface area (Å²) in [5.74, 6) is -0.866. The maximum atomic E-state index is 14.1. The first kappa shape index (κ1) is 86.6. The number of hydrogen-bond acceptors (Lipinski definition) is 36. The Morgan fingerprint density at radius 3 is 0.595 bits per heavy atom. The number of nitrogens with one attached hydrogen (secondary N) is 6. The van der Waals surface area contributed by atoms with E-state index in [0.29, 0.717) is 66.4 Å². The van der Waals surface area contributed by atoms with E-state index in [1.54, 1.807) is 133 Å². The zero-order chi connectivity index (χ0) is 83.6. The molecule has 0 atom stereocenters. The third-order valence-corrected chi connectivity index (χ3v) is 27.8. The molecule has 0 spiro atoms. The number of fused-ring (bicyclic) bond motifs is 40. The predicted molar refractivity (Wildman–Crippen MR) is 408 cm³/mol. The molecule has 6 aromatic heterocycles. The minimum absolute atomic E-state index is 0. The zero-order valence-electron chi connectivity index (χ0n) is 59.4. The average Bonchev–Trinajstić information content (AvgIpc) is 1.64. The Bertz CT molecular complexity index is 7840. The van der Waals surface area contributed by atoms with Crippen LogP contribution in [0.5, 0.6) is 0 Å². The van der Waals surface area contributed by atoms with Gasteiger partial charge >= 0.3 is 51.2 Å². The number of aromatic nitrogens is 16. The van der Waals surface area contributed by atoms with Crippen molar-refractivity contribution in [2.75, 3.05) is 26.2 Å². The Hall–Kier alpha value is -10.8. The first-order chi connectivity index (χ1) is 55.7. The first-order valence-corrected chi connectivity index (χ1v) is 45.0. The normalized spacial score (nSPS) is 12.8. The first-order valence-electron chi connectivity index (χ1n) is 33.6. The Kier molecular flexibility index (Phi) is 22.2. The van der Waals surface area contributed by atoms with E-state index in [1.807, 2.05) is 9.44 Å². The minimum Gasteiger partial charge on any atom is -0.744 e. The maximum Gasteiger partial charge on any atom is 2.00 e. The molecule has 0 fully saturated rings. The van der Waals surface area contributed by atoms with Gasteiger partial charge in [-0.25, -0.2) is 137 Å². The fourth-order valence-corrected chi connectivity index (χ4v) is 24.9. The maximum absolute atomic E-state index is 14.1. The Morgan fingerprint density at radius 1 is 0.240 bits per heavy atom. The van der Waals surface area contributed by atoms with Gasteiger partial charge in [-0.15, -0.1) is 0 Å². The van der Waals surface area contributed by atoms with E-state index in [4.69, 9.17) is 31.4 Å². The molecule has 4 aliphatic heterocycles. The Balaban J connectivity index is 0.000000193. The summed E-state index contributed by atoms with van der Waals surface area (Å²) in [6.07, 6.45) is 0. The van der Waals surface area contributed by atoms with Crippen molar-refractivity contribution in [1.29, 1.82) is 0 Å². The van der Waals surface area contributed by atoms with Crippen LogP contribution in [-0.4, -0.2) is 201 Å². The second-order valence-corrected chi connectivity index (χ2v) is 37.0. The molecule has 0 saturated carbocycles. The number of rotatable bonds is 14. The van der Waals surface area contributed by atoms with Gasteiger partial charge in [0.2, 0.25) is 20.0 Å². The molecule has 16 bridgehead atoms. The van der Waals surface area contributed by atoms with Crippen molar-refractivity contribution in [3.05, 3.63) is 146 Å². The third kappa shape index (κ3) is 15.0. The molecule has 0 saturated heterocycles. The molecule has 10 heterocycles. The van der Waals surface area contributed by atoms with Gasteiger partial charge in [-0.1, -0.05) is 146 Å². The molecule has 18 rings (SSSR count). The second-order valence-electron chi connectivity index (χ2n) is 25.7. The molecule has 10 N–H and O–H groups in total.